The monoisotopic (exact) mass is 392 g/mol. The molecule has 1 atom stereocenters. The molecule has 1 N–H and O–H groups in total. The lowest BCUT2D eigenvalue weighted by Gasteiger charge is -2.35. The lowest BCUT2D eigenvalue weighted by molar-refractivity contribution is -0.0148. The van der Waals surface area contributed by atoms with E-state index in [0.29, 0.717) is 13.2 Å². The summed E-state index contributed by atoms with van der Waals surface area (Å²) in [5.74, 6) is -0.195. The Morgan fingerprint density at radius 3 is 2.56 bits per heavy atom. The maximum absolute atomic E-state index is 13.4. The Balaban J connectivity index is 1.44. The number of rotatable bonds is 8. The van der Waals surface area contributed by atoms with Crippen LogP contribution in [0.15, 0.2) is 36.4 Å². The largest absolute Gasteiger partial charge is 0.389 e. The zero-order valence-electron chi connectivity index (χ0n) is 16.1. The molecular weight excluding hydrogens is 363 g/mol. The first-order valence-electron chi connectivity index (χ1n) is 9.58. The van der Waals surface area contributed by atoms with Crippen LogP contribution in [0.1, 0.15) is 18.7 Å². The van der Waals surface area contributed by atoms with Gasteiger partial charge in [-0.15, -0.1) is 11.3 Å². The van der Waals surface area contributed by atoms with Crippen LogP contribution in [0.4, 0.5) is 4.39 Å². The first-order valence-corrected chi connectivity index (χ1v) is 10.4. The minimum atomic E-state index is -0.426. The summed E-state index contributed by atoms with van der Waals surface area (Å²) in [6, 6.07) is 11.0. The Morgan fingerprint density at radius 2 is 1.85 bits per heavy atom. The fourth-order valence-corrected chi connectivity index (χ4v) is 4.31. The van der Waals surface area contributed by atoms with Crippen LogP contribution in [0.3, 0.4) is 0 Å². The molecule has 2 heterocycles. The number of ether oxygens (including phenoxy) is 1. The standard InChI is InChI=1S/C21H29FN2O2S/c1-16(2)26-15-19(25)13-23-8-10-24(11-9-23)14-20-6-7-21(27-20)17-4-3-5-18(22)12-17/h3-7,12,16,19,25H,8-11,13-15H2,1-2H3. The van der Waals surface area contributed by atoms with Crippen LogP contribution in [-0.4, -0.2) is 66.4 Å². The highest BCUT2D eigenvalue weighted by Crippen LogP contribution is 2.29. The van der Waals surface area contributed by atoms with Gasteiger partial charge in [0.2, 0.25) is 0 Å². The number of hydrogen-bond acceptors (Lipinski definition) is 5. The van der Waals surface area contributed by atoms with E-state index in [-0.39, 0.29) is 11.9 Å². The maximum Gasteiger partial charge on any atom is 0.123 e. The normalized spacial score (nSPS) is 17.5. The van der Waals surface area contributed by atoms with Gasteiger partial charge >= 0.3 is 0 Å². The van der Waals surface area contributed by atoms with Crippen LogP contribution in [0, 0.1) is 5.82 Å². The molecule has 6 heteroatoms. The molecule has 0 spiro atoms. The van der Waals surface area contributed by atoms with Crippen LogP contribution in [-0.2, 0) is 11.3 Å². The molecule has 4 nitrogen and oxygen atoms in total. The maximum atomic E-state index is 13.4. The number of hydrogen-bond donors (Lipinski definition) is 1. The minimum Gasteiger partial charge on any atom is -0.389 e. The molecule has 1 unspecified atom stereocenters. The SMILES string of the molecule is CC(C)OCC(O)CN1CCN(Cc2ccc(-c3cccc(F)c3)s2)CC1. The first-order chi connectivity index (χ1) is 13.0. The molecule has 1 aromatic heterocycles. The molecule has 1 aliphatic heterocycles. The highest BCUT2D eigenvalue weighted by Gasteiger charge is 2.20. The van der Waals surface area contributed by atoms with Gasteiger partial charge in [0, 0.05) is 49.0 Å². The van der Waals surface area contributed by atoms with Gasteiger partial charge in [-0.25, -0.2) is 4.39 Å². The lowest BCUT2D eigenvalue weighted by atomic mass is 10.2. The van der Waals surface area contributed by atoms with E-state index in [0.717, 1.165) is 43.2 Å². The van der Waals surface area contributed by atoms with Crippen molar-refractivity contribution in [2.45, 2.75) is 32.6 Å². The van der Waals surface area contributed by atoms with Crippen molar-refractivity contribution >= 4 is 11.3 Å². The van der Waals surface area contributed by atoms with E-state index in [4.69, 9.17) is 4.74 Å². The third-order valence-electron chi connectivity index (χ3n) is 4.71. The molecular formula is C21H29FN2O2S. The predicted octanol–water partition coefficient (Wildman–Crippen LogP) is 3.46. The van der Waals surface area contributed by atoms with Gasteiger partial charge in [0.25, 0.3) is 0 Å². The zero-order valence-corrected chi connectivity index (χ0v) is 16.9. The highest BCUT2D eigenvalue weighted by molar-refractivity contribution is 7.15. The molecule has 0 saturated carbocycles. The van der Waals surface area contributed by atoms with Crippen LogP contribution >= 0.6 is 11.3 Å². The summed E-state index contributed by atoms with van der Waals surface area (Å²) < 4.78 is 18.9. The van der Waals surface area contributed by atoms with Crippen molar-refractivity contribution in [3.63, 3.8) is 0 Å². The van der Waals surface area contributed by atoms with Crippen molar-refractivity contribution in [3.8, 4) is 10.4 Å². The molecule has 148 valence electrons. The van der Waals surface area contributed by atoms with E-state index >= 15 is 0 Å². The molecule has 0 amide bonds. The average Bonchev–Trinajstić information content (AvgIpc) is 3.10. The Morgan fingerprint density at radius 1 is 1.11 bits per heavy atom. The highest BCUT2D eigenvalue weighted by atomic mass is 32.1. The number of aliphatic hydroxyl groups excluding tert-OH is 1. The van der Waals surface area contributed by atoms with E-state index < -0.39 is 6.10 Å². The molecule has 27 heavy (non-hydrogen) atoms. The van der Waals surface area contributed by atoms with Gasteiger partial charge in [0.15, 0.2) is 0 Å². The Labute approximate surface area is 165 Å². The molecule has 0 aliphatic carbocycles. The van der Waals surface area contributed by atoms with Crippen molar-refractivity contribution in [2.24, 2.45) is 0 Å². The molecule has 2 aromatic rings. The van der Waals surface area contributed by atoms with Crippen LogP contribution in [0.2, 0.25) is 0 Å². The quantitative estimate of drug-likeness (QED) is 0.746. The van der Waals surface area contributed by atoms with E-state index in [1.165, 1.54) is 10.9 Å². The second-order valence-corrected chi connectivity index (χ2v) is 8.56. The third-order valence-corrected chi connectivity index (χ3v) is 5.83. The van der Waals surface area contributed by atoms with E-state index in [9.17, 15) is 9.50 Å². The summed E-state index contributed by atoms with van der Waals surface area (Å²) in [6.07, 6.45) is -0.273. The number of benzene rings is 1. The number of halogens is 1. The molecule has 1 aliphatic rings. The molecule has 1 aromatic carbocycles. The van der Waals surface area contributed by atoms with Crippen molar-refractivity contribution in [3.05, 3.63) is 47.1 Å². The number of piperazine rings is 1. The zero-order chi connectivity index (χ0) is 19.2. The van der Waals surface area contributed by atoms with E-state index in [1.807, 2.05) is 19.9 Å². The number of aliphatic hydroxyl groups is 1. The topological polar surface area (TPSA) is 35.9 Å². The summed E-state index contributed by atoms with van der Waals surface area (Å²) in [4.78, 5) is 7.15. The molecule has 0 radical (unpaired) electrons. The first kappa shape index (κ1) is 20.4. The predicted molar refractivity (Wildman–Crippen MR) is 109 cm³/mol. The second-order valence-electron chi connectivity index (χ2n) is 7.39. The van der Waals surface area contributed by atoms with Gasteiger partial charge < -0.3 is 9.84 Å². The number of thiophene rings is 1. The summed E-state index contributed by atoms with van der Waals surface area (Å²) in [6.45, 7) is 9.86. The Bertz CT molecular complexity index is 714. The smallest absolute Gasteiger partial charge is 0.123 e. The fraction of sp³-hybridized carbons (Fsp3) is 0.524. The number of β-amino-alcohol motifs (C(OH)–C–C–N with tert-alkyl or cyclic N) is 1. The Kier molecular flexibility index (Phi) is 7.38. The van der Waals surface area contributed by atoms with Crippen LogP contribution < -0.4 is 0 Å². The van der Waals surface area contributed by atoms with Crippen molar-refractivity contribution < 1.29 is 14.2 Å². The fourth-order valence-electron chi connectivity index (χ4n) is 3.26. The van der Waals surface area contributed by atoms with Gasteiger partial charge in [-0.3, -0.25) is 9.80 Å². The van der Waals surface area contributed by atoms with Crippen LogP contribution in [0.25, 0.3) is 10.4 Å². The molecule has 0 bridgehead atoms. The molecule has 3 rings (SSSR count). The average molecular weight is 393 g/mol. The van der Waals surface area contributed by atoms with Gasteiger partial charge in [-0.1, -0.05) is 12.1 Å². The van der Waals surface area contributed by atoms with Crippen LogP contribution in [0.5, 0.6) is 0 Å². The number of nitrogens with zero attached hydrogens (tertiary/aromatic N) is 2. The summed E-state index contributed by atoms with van der Waals surface area (Å²) in [7, 11) is 0. The van der Waals surface area contributed by atoms with Crippen molar-refractivity contribution in [2.75, 3.05) is 39.3 Å². The van der Waals surface area contributed by atoms with Crippen molar-refractivity contribution in [1.82, 2.24) is 9.80 Å². The minimum absolute atomic E-state index is 0.152. The van der Waals surface area contributed by atoms with Gasteiger partial charge in [-0.2, -0.15) is 0 Å². The van der Waals surface area contributed by atoms with E-state index in [1.54, 1.807) is 23.5 Å². The summed E-state index contributed by atoms with van der Waals surface area (Å²) in [5, 5.41) is 10.1. The van der Waals surface area contributed by atoms with E-state index in [2.05, 4.69) is 21.9 Å². The molecule has 1 fully saturated rings. The Hall–Kier alpha value is -1.31. The third kappa shape index (κ3) is 6.36. The van der Waals surface area contributed by atoms with Crippen molar-refractivity contribution in [1.29, 1.82) is 0 Å². The molecule has 1 saturated heterocycles. The van der Waals surface area contributed by atoms with Gasteiger partial charge in [-0.05, 0) is 43.7 Å². The van der Waals surface area contributed by atoms with Gasteiger partial charge in [0.1, 0.15) is 5.82 Å². The second kappa shape index (κ2) is 9.75. The van der Waals surface area contributed by atoms with Gasteiger partial charge in [0.05, 0.1) is 18.8 Å². The summed E-state index contributed by atoms with van der Waals surface area (Å²) in [5.41, 5.74) is 0.939. The summed E-state index contributed by atoms with van der Waals surface area (Å²) >= 11 is 1.73. The lowest BCUT2D eigenvalue weighted by Crippen LogP contribution is -2.48.